The molecule has 0 aliphatic carbocycles. The zero-order chi connectivity index (χ0) is 14.5. The van der Waals surface area contributed by atoms with Gasteiger partial charge in [-0.3, -0.25) is 0 Å². The molecule has 7 nitrogen and oxygen atoms in total. The van der Waals surface area contributed by atoms with Crippen molar-refractivity contribution in [2.24, 2.45) is 0 Å². The Labute approximate surface area is 117 Å². The van der Waals surface area contributed by atoms with Crippen LogP contribution in [-0.4, -0.2) is 51.5 Å². The van der Waals surface area contributed by atoms with Crippen molar-refractivity contribution in [1.29, 1.82) is 0 Å². The van der Waals surface area contributed by atoms with E-state index in [2.05, 4.69) is 15.0 Å². The SMILES string of the molecule is CN(C)C(=O)NCCNS(=O)(=O)c1ccnc(Cl)c1. The highest BCUT2D eigenvalue weighted by atomic mass is 35.5. The lowest BCUT2D eigenvalue weighted by Crippen LogP contribution is -2.39. The molecule has 19 heavy (non-hydrogen) atoms. The van der Waals surface area contributed by atoms with Crippen LogP contribution in [0.25, 0.3) is 0 Å². The van der Waals surface area contributed by atoms with E-state index >= 15 is 0 Å². The van der Waals surface area contributed by atoms with Gasteiger partial charge in [0.05, 0.1) is 4.90 Å². The molecule has 9 heteroatoms. The average molecular weight is 307 g/mol. The molecule has 0 aliphatic rings. The summed E-state index contributed by atoms with van der Waals surface area (Å²) in [6.07, 6.45) is 1.31. The van der Waals surface area contributed by atoms with Crippen LogP contribution in [0.2, 0.25) is 5.15 Å². The summed E-state index contributed by atoms with van der Waals surface area (Å²) in [6.45, 7) is 0.275. The minimum absolute atomic E-state index is 0.0337. The van der Waals surface area contributed by atoms with Crippen molar-refractivity contribution in [3.05, 3.63) is 23.5 Å². The zero-order valence-electron chi connectivity index (χ0n) is 10.6. The standard InChI is InChI=1S/C10H15ClN4O3S/c1-15(2)10(16)13-5-6-14-19(17,18)8-3-4-12-9(11)7-8/h3-4,7,14H,5-6H2,1-2H3,(H,13,16). The number of carbonyl (C=O) groups is 1. The maximum Gasteiger partial charge on any atom is 0.316 e. The largest absolute Gasteiger partial charge is 0.337 e. The number of amides is 2. The molecule has 1 rings (SSSR count). The van der Waals surface area contributed by atoms with Crippen LogP contribution >= 0.6 is 11.6 Å². The van der Waals surface area contributed by atoms with Crippen LogP contribution < -0.4 is 10.0 Å². The lowest BCUT2D eigenvalue weighted by atomic mass is 10.5. The van der Waals surface area contributed by atoms with E-state index in [4.69, 9.17) is 11.6 Å². The summed E-state index contributed by atoms with van der Waals surface area (Å²) in [6, 6.07) is 2.31. The minimum Gasteiger partial charge on any atom is -0.337 e. The Hall–Kier alpha value is -1.38. The molecule has 1 heterocycles. The first-order valence-corrected chi connectivity index (χ1v) is 7.25. The molecule has 106 valence electrons. The molecule has 0 unspecified atom stereocenters. The molecule has 2 N–H and O–H groups in total. The second-order valence-electron chi connectivity index (χ2n) is 3.84. The van der Waals surface area contributed by atoms with Crippen LogP contribution in [0.1, 0.15) is 0 Å². The van der Waals surface area contributed by atoms with Gasteiger partial charge in [-0.1, -0.05) is 11.6 Å². The van der Waals surface area contributed by atoms with Crippen molar-refractivity contribution in [2.45, 2.75) is 4.90 Å². The average Bonchev–Trinajstić information content (AvgIpc) is 2.34. The van der Waals surface area contributed by atoms with E-state index in [9.17, 15) is 13.2 Å². The van der Waals surface area contributed by atoms with E-state index in [0.29, 0.717) is 0 Å². The number of hydrogen-bond acceptors (Lipinski definition) is 4. The number of nitrogens with one attached hydrogen (secondary N) is 2. The number of sulfonamides is 1. The molecule has 1 aromatic rings. The molecule has 0 saturated carbocycles. The molecule has 0 saturated heterocycles. The summed E-state index contributed by atoms with van der Waals surface area (Å²) in [5.41, 5.74) is 0. The summed E-state index contributed by atoms with van der Waals surface area (Å²) in [5.74, 6) is 0. The van der Waals surface area contributed by atoms with Gasteiger partial charge in [0, 0.05) is 33.4 Å². The molecule has 0 spiro atoms. The first-order chi connectivity index (χ1) is 8.83. The summed E-state index contributed by atoms with van der Waals surface area (Å²) in [5, 5.41) is 2.64. The fourth-order valence-corrected chi connectivity index (χ4v) is 2.43. The van der Waals surface area contributed by atoms with Crippen molar-refractivity contribution in [3.8, 4) is 0 Å². The van der Waals surface area contributed by atoms with E-state index in [-0.39, 0.29) is 29.2 Å². The van der Waals surface area contributed by atoms with Crippen molar-refractivity contribution < 1.29 is 13.2 Å². The predicted octanol–water partition coefficient (Wildman–Crippen LogP) is 0.285. The molecule has 0 aliphatic heterocycles. The number of carbonyl (C=O) groups excluding carboxylic acids is 1. The van der Waals surface area contributed by atoms with E-state index in [1.54, 1.807) is 14.1 Å². The molecule has 0 bridgehead atoms. The first kappa shape index (κ1) is 15.7. The molecule has 0 radical (unpaired) electrons. The lowest BCUT2D eigenvalue weighted by Gasteiger charge is -2.12. The van der Waals surface area contributed by atoms with Gasteiger partial charge in [-0.2, -0.15) is 0 Å². The zero-order valence-corrected chi connectivity index (χ0v) is 12.1. The number of pyridine rings is 1. The third-order valence-corrected chi connectivity index (χ3v) is 3.77. The lowest BCUT2D eigenvalue weighted by molar-refractivity contribution is 0.217. The van der Waals surface area contributed by atoms with Crippen molar-refractivity contribution in [1.82, 2.24) is 19.9 Å². The number of nitrogens with zero attached hydrogens (tertiary/aromatic N) is 2. The van der Waals surface area contributed by atoms with E-state index in [0.717, 1.165) is 0 Å². The van der Waals surface area contributed by atoms with Gasteiger partial charge in [-0.15, -0.1) is 0 Å². The third-order valence-electron chi connectivity index (χ3n) is 2.11. The van der Waals surface area contributed by atoms with Crippen LogP contribution in [-0.2, 0) is 10.0 Å². The van der Waals surface area contributed by atoms with Crippen LogP contribution in [0.5, 0.6) is 0 Å². The van der Waals surface area contributed by atoms with Crippen molar-refractivity contribution >= 4 is 27.7 Å². The maximum absolute atomic E-state index is 11.8. The highest BCUT2D eigenvalue weighted by molar-refractivity contribution is 7.89. The van der Waals surface area contributed by atoms with E-state index < -0.39 is 10.0 Å². The second-order valence-corrected chi connectivity index (χ2v) is 5.99. The molecular formula is C10H15ClN4O3S. The summed E-state index contributed by atoms with van der Waals surface area (Å²) >= 11 is 5.62. The first-order valence-electron chi connectivity index (χ1n) is 5.39. The third kappa shape index (κ3) is 5.01. The number of halogens is 1. The van der Waals surface area contributed by atoms with Crippen molar-refractivity contribution in [3.63, 3.8) is 0 Å². The predicted molar refractivity (Wildman–Crippen MR) is 71.5 cm³/mol. The number of urea groups is 1. The van der Waals surface area contributed by atoms with Gasteiger partial charge < -0.3 is 10.2 Å². The monoisotopic (exact) mass is 306 g/mol. The number of rotatable bonds is 5. The van der Waals surface area contributed by atoms with Gasteiger partial charge in [-0.05, 0) is 12.1 Å². The topological polar surface area (TPSA) is 91.4 Å². The van der Waals surface area contributed by atoms with Gasteiger partial charge in [0.25, 0.3) is 0 Å². The molecule has 1 aromatic heterocycles. The quantitative estimate of drug-likeness (QED) is 0.604. The Balaban J connectivity index is 2.51. The Kier molecular flexibility index (Phi) is 5.52. The van der Waals surface area contributed by atoms with Crippen LogP contribution in [0.4, 0.5) is 4.79 Å². The fraction of sp³-hybridized carbons (Fsp3) is 0.400. The molecular weight excluding hydrogens is 292 g/mol. The van der Waals surface area contributed by atoms with Gasteiger partial charge >= 0.3 is 6.03 Å². The van der Waals surface area contributed by atoms with Crippen LogP contribution in [0.15, 0.2) is 23.2 Å². The Morgan fingerprint density at radius 3 is 2.68 bits per heavy atom. The smallest absolute Gasteiger partial charge is 0.316 e. The Morgan fingerprint density at radius 1 is 1.42 bits per heavy atom. The summed E-state index contributed by atoms with van der Waals surface area (Å²) < 4.78 is 26.0. The van der Waals surface area contributed by atoms with Gasteiger partial charge in [0.15, 0.2) is 0 Å². The summed E-state index contributed by atoms with van der Waals surface area (Å²) in [7, 11) is -0.449. The molecule has 0 atom stereocenters. The fourth-order valence-electron chi connectivity index (χ4n) is 1.15. The molecule has 0 fully saturated rings. The van der Waals surface area contributed by atoms with Gasteiger partial charge in [0.2, 0.25) is 10.0 Å². The molecule has 0 aromatic carbocycles. The number of aromatic nitrogens is 1. The normalized spacial score (nSPS) is 11.1. The second kappa shape index (κ2) is 6.69. The highest BCUT2D eigenvalue weighted by Crippen LogP contribution is 2.12. The highest BCUT2D eigenvalue weighted by Gasteiger charge is 2.14. The van der Waals surface area contributed by atoms with Crippen LogP contribution in [0.3, 0.4) is 0 Å². The van der Waals surface area contributed by atoms with E-state index in [1.165, 1.54) is 23.2 Å². The Bertz CT molecular complexity index is 547. The number of hydrogen-bond donors (Lipinski definition) is 2. The van der Waals surface area contributed by atoms with Crippen LogP contribution in [0, 0.1) is 0 Å². The maximum atomic E-state index is 11.8. The van der Waals surface area contributed by atoms with Gasteiger partial charge in [0.1, 0.15) is 5.15 Å². The minimum atomic E-state index is -3.64. The Morgan fingerprint density at radius 2 is 2.11 bits per heavy atom. The van der Waals surface area contributed by atoms with E-state index in [1.807, 2.05) is 0 Å². The molecule has 2 amide bonds. The van der Waals surface area contributed by atoms with Gasteiger partial charge in [-0.25, -0.2) is 22.9 Å². The van der Waals surface area contributed by atoms with Crippen molar-refractivity contribution in [2.75, 3.05) is 27.2 Å². The summed E-state index contributed by atoms with van der Waals surface area (Å²) in [4.78, 5) is 16.3.